The second-order valence-electron chi connectivity index (χ2n) is 3.88. The third-order valence-corrected chi connectivity index (χ3v) is 6.26. The van der Waals surface area contributed by atoms with Crippen LogP contribution in [0, 0.1) is 0 Å². The zero-order chi connectivity index (χ0) is 10.5. The summed E-state index contributed by atoms with van der Waals surface area (Å²) >= 11 is 0. The number of hydrogen-bond acceptors (Lipinski definition) is 3. The minimum atomic E-state index is -1.46. The molecule has 0 saturated heterocycles. The molecule has 0 aromatic carbocycles. The lowest BCUT2D eigenvalue weighted by molar-refractivity contribution is -0.136. The van der Waals surface area contributed by atoms with Gasteiger partial charge >= 0.3 is 5.97 Å². The first-order chi connectivity index (χ1) is 5.85. The van der Waals surface area contributed by atoms with Gasteiger partial charge in [0.2, 0.25) is 0 Å². The lowest BCUT2D eigenvalue weighted by atomic mass is 10.7. The van der Waals surface area contributed by atoms with Crippen LogP contribution in [0.25, 0.3) is 0 Å². The maximum atomic E-state index is 10.7. The van der Waals surface area contributed by atoms with E-state index >= 15 is 0 Å². The van der Waals surface area contributed by atoms with Crippen LogP contribution in [0.5, 0.6) is 0 Å². The molecule has 0 fully saturated rings. The first-order valence-electron chi connectivity index (χ1n) is 4.32. The first-order valence-corrected chi connectivity index (χ1v) is 10.2. The van der Waals surface area contributed by atoms with Crippen molar-refractivity contribution in [2.75, 3.05) is 6.23 Å². The van der Waals surface area contributed by atoms with E-state index in [1.807, 2.05) is 6.55 Å². The van der Waals surface area contributed by atoms with Crippen molar-refractivity contribution in [2.45, 2.75) is 26.2 Å². The Morgan fingerprint density at radius 1 is 1.54 bits per heavy atom. The van der Waals surface area contributed by atoms with Gasteiger partial charge in [-0.3, -0.25) is 0 Å². The molecule has 0 heterocycles. The van der Waals surface area contributed by atoms with Crippen molar-refractivity contribution in [1.82, 2.24) is 0 Å². The van der Waals surface area contributed by atoms with E-state index in [4.69, 9.17) is 8.85 Å². The van der Waals surface area contributed by atoms with Gasteiger partial charge in [-0.05, 0) is 26.2 Å². The topological polar surface area (TPSA) is 35.5 Å². The molecule has 1 unspecified atom stereocenters. The molecular formula is C8H18O3Si2. The minimum absolute atomic E-state index is 0.362. The fraction of sp³-hybridized carbons (Fsp3) is 0.625. The van der Waals surface area contributed by atoms with Gasteiger partial charge in [0, 0.05) is 6.08 Å². The summed E-state index contributed by atoms with van der Waals surface area (Å²) in [5, 5.41) is 0. The molecule has 1 atom stereocenters. The van der Waals surface area contributed by atoms with Crippen LogP contribution in [-0.2, 0) is 13.6 Å². The highest BCUT2D eigenvalue weighted by molar-refractivity contribution is 6.77. The van der Waals surface area contributed by atoms with E-state index in [0.29, 0.717) is 6.23 Å². The van der Waals surface area contributed by atoms with E-state index in [2.05, 4.69) is 26.2 Å². The minimum Gasteiger partial charge on any atom is -0.464 e. The van der Waals surface area contributed by atoms with Crippen molar-refractivity contribution in [3.8, 4) is 0 Å². The zero-order valence-corrected chi connectivity index (χ0v) is 10.9. The Morgan fingerprint density at radius 3 is 2.46 bits per heavy atom. The van der Waals surface area contributed by atoms with Crippen LogP contribution in [-0.4, -0.2) is 29.6 Å². The SMILES string of the molecule is C=CC(=O)OC[SiH](C)O[Si](C)(C)C. The van der Waals surface area contributed by atoms with Crippen LogP contribution in [0.1, 0.15) is 0 Å². The Balaban J connectivity index is 3.69. The number of esters is 1. The Labute approximate surface area is 82.6 Å². The summed E-state index contributed by atoms with van der Waals surface area (Å²) in [6.45, 7) is 11.8. The molecule has 0 radical (unpaired) electrons. The second-order valence-corrected chi connectivity index (χ2v) is 11.0. The Bertz CT molecular complexity index is 186. The van der Waals surface area contributed by atoms with Gasteiger partial charge in [-0.1, -0.05) is 6.58 Å². The number of hydrogen-bond donors (Lipinski definition) is 0. The highest BCUT2D eigenvalue weighted by atomic mass is 28.4. The highest BCUT2D eigenvalue weighted by Crippen LogP contribution is 2.05. The third-order valence-electron chi connectivity index (χ3n) is 1.18. The van der Waals surface area contributed by atoms with Gasteiger partial charge in [0.15, 0.2) is 17.4 Å². The van der Waals surface area contributed by atoms with Crippen LogP contribution in [0.2, 0.25) is 26.2 Å². The fourth-order valence-electron chi connectivity index (χ4n) is 0.896. The molecule has 0 aliphatic rings. The number of carbonyl (C=O) groups excluding carboxylic acids is 1. The summed E-state index contributed by atoms with van der Waals surface area (Å²) in [6.07, 6.45) is 1.62. The molecule has 3 nitrogen and oxygen atoms in total. The molecule has 0 aliphatic heterocycles. The molecule has 0 rings (SSSR count). The maximum Gasteiger partial charge on any atom is 0.329 e. The molecule has 0 spiro atoms. The van der Waals surface area contributed by atoms with Crippen molar-refractivity contribution in [1.29, 1.82) is 0 Å². The van der Waals surface area contributed by atoms with Gasteiger partial charge in [0.25, 0.3) is 0 Å². The van der Waals surface area contributed by atoms with Crippen LogP contribution >= 0.6 is 0 Å². The molecule has 0 saturated carbocycles. The predicted molar refractivity (Wildman–Crippen MR) is 58.6 cm³/mol. The summed E-state index contributed by atoms with van der Waals surface area (Å²) < 4.78 is 10.7. The van der Waals surface area contributed by atoms with E-state index in [1.165, 1.54) is 6.08 Å². The molecule has 76 valence electrons. The van der Waals surface area contributed by atoms with Gasteiger partial charge in [-0.25, -0.2) is 4.79 Å². The molecule has 0 amide bonds. The molecule has 0 aromatic heterocycles. The quantitative estimate of drug-likeness (QED) is 0.398. The van der Waals surface area contributed by atoms with Crippen molar-refractivity contribution >= 4 is 23.3 Å². The van der Waals surface area contributed by atoms with Crippen LogP contribution in [0.3, 0.4) is 0 Å². The average molecular weight is 218 g/mol. The molecular weight excluding hydrogens is 200 g/mol. The van der Waals surface area contributed by atoms with E-state index in [0.717, 1.165) is 0 Å². The molecule has 13 heavy (non-hydrogen) atoms. The normalized spacial score (nSPS) is 13.5. The summed E-state index contributed by atoms with van der Waals surface area (Å²) in [4.78, 5) is 10.7. The van der Waals surface area contributed by atoms with Gasteiger partial charge in [0.1, 0.15) is 6.23 Å². The predicted octanol–water partition coefficient (Wildman–Crippen LogP) is 1.46. The van der Waals surface area contributed by atoms with Crippen LogP contribution in [0.4, 0.5) is 0 Å². The molecule has 0 aliphatic carbocycles. The van der Waals surface area contributed by atoms with Gasteiger partial charge < -0.3 is 8.85 Å². The Hall–Kier alpha value is -0.396. The number of carbonyl (C=O) groups is 1. The summed E-state index contributed by atoms with van der Waals surface area (Å²) in [5.74, 6) is -0.362. The molecule has 5 heteroatoms. The average Bonchev–Trinajstić information content (AvgIpc) is 1.97. The molecule has 0 bridgehead atoms. The van der Waals surface area contributed by atoms with Crippen molar-refractivity contribution in [3.05, 3.63) is 12.7 Å². The molecule has 0 aromatic rings. The summed E-state index contributed by atoms with van der Waals surface area (Å²) in [5.41, 5.74) is 0. The van der Waals surface area contributed by atoms with E-state index in [9.17, 15) is 4.79 Å². The largest absolute Gasteiger partial charge is 0.464 e. The maximum absolute atomic E-state index is 10.7. The summed E-state index contributed by atoms with van der Waals surface area (Å²) in [6, 6.07) is 0. The Morgan fingerprint density at radius 2 is 2.08 bits per heavy atom. The lowest BCUT2D eigenvalue weighted by Gasteiger charge is -2.22. The number of ether oxygens (including phenoxy) is 1. The van der Waals surface area contributed by atoms with E-state index in [-0.39, 0.29) is 5.97 Å². The fourth-order valence-corrected chi connectivity index (χ4v) is 6.40. The Kier molecular flexibility index (Phi) is 5.20. The van der Waals surface area contributed by atoms with Gasteiger partial charge in [0.05, 0.1) is 0 Å². The van der Waals surface area contributed by atoms with Crippen LogP contribution < -0.4 is 0 Å². The van der Waals surface area contributed by atoms with E-state index in [1.54, 1.807) is 0 Å². The van der Waals surface area contributed by atoms with Crippen molar-refractivity contribution in [2.24, 2.45) is 0 Å². The smallest absolute Gasteiger partial charge is 0.329 e. The summed E-state index contributed by atoms with van der Waals surface area (Å²) in [7, 11) is -2.78. The van der Waals surface area contributed by atoms with Crippen molar-refractivity contribution in [3.63, 3.8) is 0 Å². The van der Waals surface area contributed by atoms with Gasteiger partial charge in [-0.2, -0.15) is 0 Å². The van der Waals surface area contributed by atoms with E-state index < -0.39 is 17.4 Å². The van der Waals surface area contributed by atoms with Crippen molar-refractivity contribution < 1.29 is 13.6 Å². The monoisotopic (exact) mass is 218 g/mol. The lowest BCUT2D eigenvalue weighted by Crippen LogP contribution is -2.36. The highest BCUT2D eigenvalue weighted by Gasteiger charge is 2.19. The standard InChI is InChI=1S/C8H18O3Si2/c1-6-8(9)10-7-12(2)11-13(3,4)5/h6,12H,1,7H2,2-5H3. The molecule has 0 N–H and O–H groups in total. The number of rotatable bonds is 5. The second kappa shape index (κ2) is 5.36. The van der Waals surface area contributed by atoms with Crippen LogP contribution in [0.15, 0.2) is 12.7 Å². The first kappa shape index (κ1) is 12.6. The third kappa shape index (κ3) is 7.95. The zero-order valence-electron chi connectivity index (χ0n) is 8.79. The van der Waals surface area contributed by atoms with Gasteiger partial charge in [-0.15, -0.1) is 0 Å².